The Labute approximate surface area is 187 Å². The zero-order chi connectivity index (χ0) is 23.9. The van der Waals surface area contributed by atoms with Crippen molar-refractivity contribution in [2.24, 2.45) is 0 Å². The summed E-state index contributed by atoms with van der Waals surface area (Å²) < 4.78 is 84.2. The van der Waals surface area contributed by atoms with Gasteiger partial charge in [0, 0.05) is 36.1 Å². The zero-order valence-corrected chi connectivity index (χ0v) is 18.6. The molecule has 2 aliphatic carbocycles. The van der Waals surface area contributed by atoms with Crippen molar-refractivity contribution in [3.05, 3.63) is 40.6 Å². The molecule has 0 amide bonds. The maximum Gasteiger partial charge on any atom is 0.290 e. The van der Waals surface area contributed by atoms with Gasteiger partial charge in [0.25, 0.3) is 11.8 Å². The van der Waals surface area contributed by atoms with Gasteiger partial charge in [0.2, 0.25) is 16.0 Å². The number of hydrogen-bond acceptors (Lipinski definition) is 6. The number of halogens is 4. The Hall–Kier alpha value is -2.31. The number of sulfonamides is 1. The lowest BCUT2D eigenvalue weighted by molar-refractivity contribution is -0.00763. The number of benzene rings is 1. The lowest BCUT2D eigenvalue weighted by Gasteiger charge is -2.43. The van der Waals surface area contributed by atoms with E-state index >= 15 is 0 Å². The molecular formula is C21H22F4N4O3S. The van der Waals surface area contributed by atoms with Crippen LogP contribution in [0.15, 0.2) is 18.2 Å². The summed E-state index contributed by atoms with van der Waals surface area (Å²) in [5.41, 5.74) is -0.0272. The van der Waals surface area contributed by atoms with Gasteiger partial charge in [0.1, 0.15) is 5.69 Å². The number of β-amino-alcohol motifs (C(OH)–C–C–N with tert-alkyl or cyclic N) is 1. The Morgan fingerprint density at radius 1 is 1.18 bits per heavy atom. The van der Waals surface area contributed by atoms with Crippen LogP contribution in [0.2, 0.25) is 0 Å². The van der Waals surface area contributed by atoms with Crippen molar-refractivity contribution in [3.8, 4) is 11.3 Å². The highest BCUT2D eigenvalue weighted by molar-refractivity contribution is 7.88. The molecule has 0 spiro atoms. The summed E-state index contributed by atoms with van der Waals surface area (Å²) in [6, 6.07) is 2.65. The van der Waals surface area contributed by atoms with Gasteiger partial charge in [0.05, 0.1) is 30.1 Å². The Kier molecular flexibility index (Phi) is 4.83. The number of hydrogen-bond donors (Lipinski definition) is 2. The SMILES string of the molecule is C[C@H]1[C@H](O)CN1c1nc(-c2ccc3c(c2)C(F)(F)CC3NS(C)(=O)=O)c2c(n1)C(F)(F)CC2. The van der Waals surface area contributed by atoms with Crippen LogP contribution in [0.4, 0.5) is 23.5 Å². The maximum absolute atomic E-state index is 14.8. The monoisotopic (exact) mass is 486 g/mol. The number of nitrogens with zero attached hydrogens (tertiary/aromatic N) is 3. The van der Waals surface area contributed by atoms with Crippen molar-refractivity contribution in [1.82, 2.24) is 14.7 Å². The fourth-order valence-corrected chi connectivity index (χ4v) is 5.52. The number of alkyl halides is 4. The molecule has 3 atom stereocenters. The first-order chi connectivity index (χ1) is 15.3. The number of aliphatic hydroxyl groups excluding tert-OH is 1. The van der Waals surface area contributed by atoms with Crippen molar-refractivity contribution >= 4 is 16.0 Å². The van der Waals surface area contributed by atoms with Gasteiger partial charge < -0.3 is 10.0 Å². The molecule has 2 aromatic rings. The highest BCUT2D eigenvalue weighted by Crippen LogP contribution is 2.50. The van der Waals surface area contributed by atoms with Gasteiger partial charge in [-0.05, 0) is 25.0 Å². The van der Waals surface area contributed by atoms with Crippen LogP contribution in [-0.2, 0) is 28.3 Å². The van der Waals surface area contributed by atoms with E-state index in [-0.39, 0.29) is 52.9 Å². The van der Waals surface area contributed by atoms with E-state index in [4.69, 9.17) is 0 Å². The summed E-state index contributed by atoms with van der Waals surface area (Å²) in [5.74, 6) is -6.45. The average Bonchev–Trinajstić information content (AvgIpc) is 3.16. The Morgan fingerprint density at radius 3 is 2.55 bits per heavy atom. The molecule has 5 rings (SSSR count). The van der Waals surface area contributed by atoms with Crippen molar-refractivity contribution < 1.29 is 31.1 Å². The highest BCUT2D eigenvalue weighted by Gasteiger charge is 2.47. The minimum atomic E-state index is -3.72. The molecule has 2 N–H and O–H groups in total. The zero-order valence-electron chi connectivity index (χ0n) is 17.8. The quantitative estimate of drug-likeness (QED) is 0.646. The predicted molar refractivity (Wildman–Crippen MR) is 112 cm³/mol. The largest absolute Gasteiger partial charge is 0.389 e. The van der Waals surface area contributed by atoms with Crippen molar-refractivity contribution in [3.63, 3.8) is 0 Å². The van der Waals surface area contributed by atoms with E-state index in [1.165, 1.54) is 18.2 Å². The molecule has 1 aromatic heterocycles. The van der Waals surface area contributed by atoms with Crippen LogP contribution in [0.25, 0.3) is 11.3 Å². The predicted octanol–water partition coefficient (Wildman–Crippen LogP) is 2.84. The smallest absolute Gasteiger partial charge is 0.290 e. The Bertz CT molecular complexity index is 1250. The number of anilines is 1. The van der Waals surface area contributed by atoms with Crippen LogP contribution < -0.4 is 9.62 Å². The first-order valence-corrected chi connectivity index (χ1v) is 12.4. The van der Waals surface area contributed by atoms with Crippen LogP contribution in [0.5, 0.6) is 0 Å². The third-order valence-corrected chi connectivity index (χ3v) is 7.35. The van der Waals surface area contributed by atoms with E-state index in [2.05, 4.69) is 14.7 Å². The second kappa shape index (κ2) is 7.09. The third kappa shape index (κ3) is 3.68. The topological polar surface area (TPSA) is 95.4 Å². The summed E-state index contributed by atoms with van der Waals surface area (Å²) in [6.07, 6.45) is -0.914. The van der Waals surface area contributed by atoms with Crippen LogP contribution in [0, 0.1) is 0 Å². The van der Waals surface area contributed by atoms with E-state index in [0.717, 1.165) is 6.26 Å². The van der Waals surface area contributed by atoms with Gasteiger partial charge >= 0.3 is 0 Å². The first-order valence-electron chi connectivity index (χ1n) is 10.5. The number of rotatable bonds is 4. The molecule has 1 aromatic carbocycles. The molecule has 0 bridgehead atoms. The Balaban J connectivity index is 1.63. The van der Waals surface area contributed by atoms with Crippen LogP contribution >= 0.6 is 0 Å². The van der Waals surface area contributed by atoms with Gasteiger partial charge in [-0.1, -0.05) is 12.1 Å². The number of aromatic nitrogens is 2. The van der Waals surface area contributed by atoms with E-state index < -0.39 is 52.5 Å². The van der Waals surface area contributed by atoms with Crippen LogP contribution in [-0.4, -0.2) is 48.4 Å². The van der Waals surface area contributed by atoms with E-state index in [1.807, 2.05) is 0 Å². The third-order valence-electron chi connectivity index (χ3n) is 6.63. The van der Waals surface area contributed by atoms with Gasteiger partial charge in [-0.3, -0.25) is 0 Å². The number of aliphatic hydroxyl groups is 1. The number of fused-ring (bicyclic) bond motifs is 2. The lowest BCUT2D eigenvalue weighted by atomic mass is 9.98. The molecule has 178 valence electrons. The van der Waals surface area contributed by atoms with Gasteiger partial charge in [-0.2, -0.15) is 8.78 Å². The fraction of sp³-hybridized carbons (Fsp3) is 0.524. The molecule has 2 heterocycles. The minimum Gasteiger partial charge on any atom is -0.389 e. The average molecular weight is 486 g/mol. The molecule has 1 unspecified atom stereocenters. The van der Waals surface area contributed by atoms with E-state index in [9.17, 15) is 31.1 Å². The van der Waals surface area contributed by atoms with Gasteiger partial charge in [0.15, 0.2) is 0 Å². The molecule has 3 aliphatic rings. The summed E-state index contributed by atoms with van der Waals surface area (Å²) in [7, 11) is -3.72. The van der Waals surface area contributed by atoms with Crippen molar-refractivity contribution in [1.29, 1.82) is 0 Å². The molecule has 1 aliphatic heterocycles. The summed E-state index contributed by atoms with van der Waals surface area (Å²) in [5, 5.41) is 9.82. The highest BCUT2D eigenvalue weighted by atomic mass is 32.2. The van der Waals surface area contributed by atoms with E-state index in [0.29, 0.717) is 0 Å². The lowest BCUT2D eigenvalue weighted by Crippen LogP contribution is -2.59. The molecular weight excluding hydrogens is 464 g/mol. The second-order valence-electron chi connectivity index (χ2n) is 9.02. The summed E-state index contributed by atoms with van der Waals surface area (Å²) >= 11 is 0. The first kappa shape index (κ1) is 22.5. The minimum absolute atomic E-state index is 0.00185. The van der Waals surface area contributed by atoms with Gasteiger partial charge in [-0.25, -0.2) is 31.9 Å². The molecule has 1 saturated heterocycles. The van der Waals surface area contributed by atoms with E-state index in [1.54, 1.807) is 11.8 Å². The fourth-order valence-electron chi connectivity index (χ4n) is 4.80. The maximum atomic E-state index is 14.8. The molecule has 0 radical (unpaired) electrons. The normalized spacial score (nSPS) is 27.2. The van der Waals surface area contributed by atoms with Crippen molar-refractivity contribution in [2.75, 3.05) is 17.7 Å². The molecule has 0 saturated carbocycles. The van der Waals surface area contributed by atoms with Crippen LogP contribution in [0.3, 0.4) is 0 Å². The van der Waals surface area contributed by atoms with Gasteiger partial charge in [-0.15, -0.1) is 0 Å². The molecule has 12 heteroatoms. The molecule has 7 nitrogen and oxygen atoms in total. The van der Waals surface area contributed by atoms with Crippen molar-refractivity contribution in [2.45, 2.75) is 56.2 Å². The summed E-state index contributed by atoms with van der Waals surface area (Å²) in [6.45, 7) is 1.90. The van der Waals surface area contributed by atoms with Crippen LogP contribution in [0.1, 0.15) is 48.2 Å². The Morgan fingerprint density at radius 2 is 1.91 bits per heavy atom. The molecule has 33 heavy (non-hydrogen) atoms. The standard InChI is InChI=1S/C21H22F4N4O3S/c1-10-16(30)9-29(10)19-26-17(13-5-6-20(22,23)18(13)27-19)11-3-4-12-14(7-11)21(24,25)8-15(12)28-33(2,31)32/h3-4,7,10,15-16,28,30H,5-6,8-9H2,1-2H3/t10-,15?,16+/m0/s1. The summed E-state index contributed by atoms with van der Waals surface area (Å²) in [4.78, 5) is 10.1. The number of nitrogens with one attached hydrogen (secondary N) is 1. The molecule has 1 fully saturated rings. The second-order valence-corrected chi connectivity index (χ2v) is 10.8.